The fourth-order valence-corrected chi connectivity index (χ4v) is 5.21. The predicted molar refractivity (Wildman–Crippen MR) is 184 cm³/mol. The minimum Gasteiger partial charge on any atom is -0.458 e. The van der Waals surface area contributed by atoms with Crippen molar-refractivity contribution in [3.8, 4) is 0 Å². The highest BCUT2D eigenvalue weighted by Crippen LogP contribution is 2.25. The van der Waals surface area contributed by atoms with Gasteiger partial charge in [-0.25, -0.2) is 9.18 Å². The highest BCUT2D eigenvalue weighted by Gasteiger charge is 2.41. The third kappa shape index (κ3) is 11.1. The lowest BCUT2D eigenvalue weighted by Gasteiger charge is -2.42. The van der Waals surface area contributed by atoms with Crippen molar-refractivity contribution in [1.82, 2.24) is 14.8 Å². The Kier molecular flexibility index (Phi) is 13.3. The van der Waals surface area contributed by atoms with E-state index in [0.717, 1.165) is 11.1 Å². The third-order valence-electron chi connectivity index (χ3n) is 7.48. The molecule has 0 bridgehead atoms. The molecule has 1 aromatic heterocycles. The van der Waals surface area contributed by atoms with E-state index in [1.165, 1.54) is 22.5 Å². The molecule has 1 atom stereocenters. The van der Waals surface area contributed by atoms with Gasteiger partial charge in [-0.1, -0.05) is 42.8 Å². The lowest BCUT2D eigenvalue weighted by Crippen LogP contribution is -2.60. The second kappa shape index (κ2) is 16.5. The first-order valence-electron chi connectivity index (χ1n) is 15.9. The van der Waals surface area contributed by atoms with Gasteiger partial charge in [0.25, 0.3) is 11.5 Å². The maximum Gasteiger partial charge on any atom is 0.332 e. The zero-order chi connectivity index (χ0) is 35.8. The topological polar surface area (TPSA) is 145 Å². The Morgan fingerprint density at radius 3 is 2.40 bits per heavy atom. The molecule has 1 saturated heterocycles. The van der Waals surface area contributed by atoms with Crippen LogP contribution in [0.4, 0.5) is 4.39 Å². The lowest BCUT2D eigenvalue weighted by atomic mass is 9.95. The molecule has 0 radical (unpaired) electrons. The number of pyridine rings is 1. The van der Waals surface area contributed by atoms with Crippen LogP contribution in [0.3, 0.4) is 0 Å². The van der Waals surface area contributed by atoms with Crippen LogP contribution in [0, 0.1) is 0 Å². The summed E-state index contributed by atoms with van der Waals surface area (Å²) in [6.07, 6.45) is 0.781. The van der Waals surface area contributed by atoms with Crippen LogP contribution in [0.1, 0.15) is 75.1 Å². The van der Waals surface area contributed by atoms with Gasteiger partial charge in [-0.3, -0.25) is 19.4 Å². The first-order valence-corrected chi connectivity index (χ1v) is 16.3. The Labute approximate surface area is 286 Å². The molecule has 48 heavy (non-hydrogen) atoms. The minimum atomic E-state index is -1.51. The summed E-state index contributed by atoms with van der Waals surface area (Å²) < 4.78 is 26.3. The van der Waals surface area contributed by atoms with Crippen LogP contribution in [0.5, 0.6) is 0 Å². The van der Waals surface area contributed by atoms with E-state index >= 15 is 0 Å². The second-order valence-corrected chi connectivity index (χ2v) is 13.7. The van der Waals surface area contributed by atoms with Crippen molar-refractivity contribution in [2.45, 2.75) is 84.8 Å². The number of allylic oxidation sites excluding steroid dienone is 1. The molecule has 13 heteroatoms. The molecule has 2 heterocycles. The molecule has 0 saturated carbocycles. The van der Waals surface area contributed by atoms with Gasteiger partial charge in [0.05, 0.1) is 32.0 Å². The van der Waals surface area contributed by atoms with E-state index in [1.54, 1.807) is 52.0 Å². The van der Waals surface area contributed by atoms with E-state index in [4.69, 9.17) is 26.8 Å². The van der Waals surface area contributed by atoms with Gasteiger partial charge in [-0.15, -0.1) is 0 Å². The Hall–Kier alpha value is -3.87. The number of carbonyl (C=O) groups is 3. The number of aromatic nitrogens is 1. The minimum absolute atomic E-state index is 0.0655. The summed E-state index contributed by atoms with van der Waals surface area (Å²) in [5, 5.41) is 3.31. The zero-order valence-corrected chi connectivity index (χ0v) is 29.4. The molecule has 1 aliphatic rings. The van der Waals surface area contributed by atoms with E-state index in [-0.39, 0.29) is 51.4 Å². The molecule has 2 aromatic rings. The lowest BCUT2D eigenvalue weighted by molar-refractivity contribution is -0.160. The van der Waals surface area contributed by atoms with Crippen molar-refractivity contribution in [1.29, 1.82) is 0 Å². The molecule has 3 rings (SSSR count). The monoisotopic (exact) mass is 687 g/mol. The smallest absolute Gasteiger partial charge is 0.332 e. The number of alkyl halides is 1. The number of likely N-dealkylation sites (tertiary alicyclic amines) is 1. The number of esters is 1. The van der Waals surface area contributed by atoms with Gasteiger partial charge in [0.1, 0.15) is 30.0 Å². The summed E-state index contributed by atoms with van der Waals surface area (Å²) >= 11 is 5.99. The number of aliphatic imine (C=N–C) groups is 1. The number of amides is 2. The maximum atomic E-state index is 14.3. The van der Waals surface area contributed by atoms with Crippen molar-refractivity contribution < 1.29 is 28.2 Å². The van der Waals surface area contributed by atoms with Crippen molar-refractivity contribution in [2.24, 2.45) is 10.7 Å². The molecule has 2 amide bonds. The van der Waals surface area contributed by atoms with Gasteiger partial charge in [0.2, 0.25) is 5.91 Å². The molecule has 11 nitrogen and oxygen atoms in total. The molecule has 262 valence electrons. The van der Waals surface area contributed by atoms with Crippen LogP contribution in [0.2, 0.25) is 5.02 Å². The molecule has 1 aromatic carbocycles. The van der Waals surface area contributed by atoms with Crippen LogP contribution >= 0.6 is 11.6 Å². The van der Waals surface area contributed by atoms with Crippen LogP contribution in [0.25, 0.3) is 0 Å². The maximum absolute atomic E-state index is 14.3. The largest absolute Gasteiger partial charge is 0.458 e. The van der Waals surface area contributed by atoms with Crippen molar-refractivity contribution in [3.05, 3.63) is 80.2 Å². The standard InChI is InChI=1S/C35H47ClFN5O6/c1-8-22(2)15-28-26(31(23(3)38)39-13-14-47-19-30(44)48-34(4,5)6)16-27(32(45)40-17-24-9-11-25(36)12-10-24)33(46)42(28)18-29(43)41-20-35(7,37)21-41/h9-12,16,23H,2,8,13-15,17-21,38H2,1,3-7H3,(H,40,45). The van der Waals surface area contributed by atoms with Gasteiger partial charge in [0.15, 0.2) is 0 Å². The predicted octanol–water partition coefficient (Wildman–Crippen LogP) is 4.01. The van der Waals surface area contributed by atoms with Crippen LogP contribution in [-0.2, 0) is 38.6 Å². The summed E-state index contributed by atoms with van der Waals surface area (Å²) in [5.41, 5.74) is 6.06. The van der Waals surface area contributed by atoms with E-state index in [1.807, 2.05) is 6.92 Å². The number of nitrogens with one attached hydrogen (secondary N) is 1. The molecular weight excluding hydrogens is 641 g/mol. The Balaban J connectivity index is 2.04. The quantitative estimate of drug-likeness (QED) is 0.125. The van der Waals surface area contributed by atoms with Gasteiger partial charge in [-0.05, 0) is 64.8 Å². The van der Waals surface area contributed by atoms with Gasteiger partial charge in [0, 0.05) is 35.3 Å². The molecule has 0 aliphatic carbocycles. The summed E-state index contributed by atoms with van der Waals surface area (Å²) in [4.78, 5) is 59.0. The Morgan fingerprint density at radius 2 is 1.83 bits per heavy atom. The fraction of sp³-hybridized carbons (Fsp3) is 0.514. The van der Waals surface area contributed by atoms with Gasteiger partial charge in [-0.2, -0.15) is 0 Å². The van der Waals surface area contributed by atoms with Crippen molar-refractivity contribution in [3.63, 3.8) is 0 Å². The number of halogens is 2. The molecule has 1 aliphatic heterocycles. The number of benzene rings is 1. The first-order chi connectivity index (χ1) is 22.4. The highest BCUT2D eigenvalue weighted by atomic mass is 35.5. The highest BCUT2D eigenvalue weighted by molar-refractivity contribution is 6.30. The summed E-state index contributed by atoms with van der Waals surface area (Å²) in [7, 11) is 0. The SMILES string of the molecule is C=C(CC)Cc1c(C(=NCCOCC(=O)OC(C)(C)C)C(C)N)cc(C(=O)NCc2ccc(Cl)cc2)c(=O)n1CC(=O)N1CC(C)(F)C1. The van der Waals surface area contributed by atoms with Crippen molar-refractivity contribution >= 4 is 35.1 Å². The van der Waals surface area contributed by atoms with Gasteiger partial charge < -0.3 is 30.0 Å². The Bertz CT molecular complexity index is 1590. The van der Waals surface area contributed by atoms with Crippen LogP contribution in [0.15, 0.2) is 52.3 Å². The average molecular weight is 688 g/mol. The van der Waals surface area contributed by atoms with Crippen LogP contribution < -0.4 is 16.6 Å². The van der Waals surface area contributed by atoms with E-state index in [9.17, 15) is 23.6 Å². The average Bonchev–Trinajstić information content (AvgIpc) is 2.98. The van der Waals surface area contributed by atoms with Gasteiger partial charge >= 0.3 is 5.97 Å². The van der Waals surface area contributed by atoms with Crippen molar-refractivity contribution in [2.75, 3.05) is 32.8 Å². The molecular formula is C35H47ClFN5O6. The molecule has 1 unspecified atom stereocenters. The summed E-state index contributed by atoms with van der Waals surface area (Å²) in [6, 6.07) is 7.67. The molecule has 0 spiro atoms. The first kappa shape index (κ1) is 38.6. The number of carbonyl (C=O) groups excluding carboxylic acids is 3. The molecule has 1 fully saturated rings. The number of nitrogens with zero attached hydrogens (tertiary/aromatic N) is 3. The third-order valence-corrected chi connectivity index (χ3v) is 7.73. The number of hydrogen-bond acceptors (Lipinski definition) is 8. The van der Waals surface area contributed by atoms with E-state index in [2.05, 4.69) is 16.9 Å². The van der Waals surface area contributed by atoms with Crippen LogP contribution in [-0.4, -0.2) is 83.1 Å². The fourth-order valence-electron chi connectivity index (χ4n) is 5.08. The number of ether oxygens (including phenoxy) is 2. The normalized spacial score (nSPS) is 15.0. The zero-order valence-electron chi connectivity index (χ0n) is 28.7. The number of rotatable bonds is 15. The Morgan fingerprint density at radius 1 is 1.19 bits per heavy atom. The molecule has 3 N–H and O–H groups in total. The second-order valence-electron chi connectivity index (χ2n) is 13.3. The van der Waals surface area contributed by atoms with E-state index < -0.39 is 47.2 Å². The number of nitrogens with two attached hydrogens (primary N) is 1. The summed E-state index contributed by atoms with van der Waals surface area (Å²) in [5.74, 6) is -1.64. The van der Waals surface area contributed by atoms with E-state index in [0.29, 0.717) is 28.4 Å². The summed E-state index contributed by atoms with van der Waals surface area (Å²) in [6.45, 7) is 13.8. The number of hydrogen-bond donors (Lipinski definition) is 2.